The molecule has 4 heteroatoms. The van der Waals surface area contributed by atoms with Crippen molar-refractivity contribution in [2.75, 3.05) is 11.9 Å². The van der Waals surface area contributed by atoms with Crippen LogP contribution in [-0.4, -0.2) is 28.8 Å². The summed E-state index contributed by atoms with van der Waals surface area (Å²) in [5.74, 6) is -0.271. The topological polar surface area (TPSA) is 49.4 Å². The molecule has 21 heavy (non-hydrogen) atoms. The molecule has 1 aliphatic heterocycles. The summed E-state index contributed by atoms with van der Waals surface area (Å²) in [7, 11) is 0. The Labute approximate surface area is 126 Å². The van der Waals surface area contributed by atoms with Gasteiger partial charge in [0.05, 0.1) is 5.92 Å². The summed E-state index contributed by atoms with van der Waals surface area (Å²) in [5, 5.41) is 3.00. The Kier molecular flexibility index (Phi) is 4.08. The fraction of sp³-hybridized carbons (Fsp3) is 0.529. The van der Waals surface area contributed by atoms with Crippen molar-refractivity contribution in [2.24, 2.45) is 5.92 Å². The van der Waals surface area contributed by atoms with E-state index in [-0.39, 0.29) is 23.3 Å². The van der Waals surface area contributed by atoms with E-state index in [9.17, 15) is 9.59 Å². The van der Waals surface area contributed by atoms with E-state index in [0.717, 1.165) is 16.8 Å². The molecule has 2 amide bonds. The Morgan fingerprint density at radius 1 is 1.24 bits per heavy atom. The lowest BCUT2D eigenvalue weighted by Gasteiger charge is -2.32. The van der Waals surface area contributed by atoms with Crippen molar-refractivity contribution in [3.8, 4) is 0 Å². The molecule has 2 rings (SSSR count). The molecule has 1 aliphatic rings. The van der Waals surface area contributed by atoms with Crippen LogP contribution in [0.3, 0.4) is 0 Å². The largest absolute Gasteiger partial charge is 0.337 e. The number of carbonyl (C=O) groups is 2. The summed E-state index contributed by atoms with van der Waals surface area (Å²) in [4.78, 5) is 26.3. The minimum atomic E-state index is -0.268. The second kappa shape index (κ2) is 5.51. The zero-order valence-corrected chi connectivity index (χ0v) is 13.5. The first-order valence-corrected chi connectivity index (χ1v) is 7.37. The summed E-state index contributed by atoms with van der Waals surface area (Å²) < 4.78 is 0. The first-order valence-electron chi connectivity index (χ1n) is 7.37. The highest BCUT2D eigenvalue weighted by Crippen LogP contribution is 2.27. The van der Waals surface area contributed by atoms with Gasteiger partial charge in [-0.3, -0.25) is 9.59 Å². The van der Waals surface area contributed by atoms with Gasteiger partial charge in [0.2, 0.25) is 11.8 Å². The second-order valence-corrected chi connectivity index (χ2v) is 6.83. The highest BCUT2D eigenvalue weighted by atomic mass is 16.2. The molecular weight excluding hydrogens is 264 g/mol. The van der Waals surface area contributed by atoms with Crippen molar-refractivity contribution in [2.45, 2.75) is 46.6 Å². The number of rotatable bonds is 2. The van der Waals surface area contributed by atoms with Gasteiger partial charge in [-0.1, -0.05) is 18.2 Å². The first-order chi connectivity index (χ1) is 9.70. The van der Waals surface area contributed by atoms with Gasteiger partial charge in [0, 0.05) is 24.2 Å². The van der Waals surface area contributed by atoms with Gasteiger partial charge in [0.15, 0.2) is 0 Å². The molecule has 1 aromatic carbocycles. The number of aryl methyl sites for hydroxylation is 2. The van der Waals surface area contributed by atoms with Crippen molar-refractivity contribution in [1.82, 2.24) is 4.90 Å². The van der Waals surface area contributed by atoms with Crippen LogP contribution in [0.15, 0.2) is 18.2 Å². The van der Waals surface area contributed by atoms with E-state index in [1.54, 1.807) is 4.90 Å². The van der Waals surface area contributed by atoms with Crippen LogP contribution in [0.5, 0.6) is 0 Å². The molecule has 4 nitrogen and oxygen atoms in total. The summed E-state index contributed by atoms with van der Waals surface area (Å²) >= 11 is 0. The van der Waals surface area contributed by atoms with Gasteiger partial charge in [-0.15, -0.1) is 0 Å². The van der Waals surface area contributed by atoms with Crippen LogP contribution in [0.1, 0.15) is 38.3 Å². The van der Waals surface area contributed by atoms with Gasteiger partial charge in [0.25, 0.3) is 0 Å². The van der Waals surface area contributed by atoms with Gasteiger partial charge >= 0.3 is 0 Å². The SMILES string of the molecule is Cc1cccc(C)c1NC(=O)[C@H]1CC(=O)N(C(C)(C)C)C1. The molecule has 1 atom stereocenters. The molecule has 0 radical (unpaired) electrons. The number of nitrogens with one attached hydrogen (secondary N) is 1. The molecule has 0 saturated carbocycles. The Morgan fingerprint density at radius 3 is 2.29 bits per heavy atom. The summed E-state index contributed by atoms with van der Waals surface area (Å²) in [6.45, 7) is 10.4. The Bertz CT molecular complexity index is 552. The average molecular weight is 288 g/mol. The number of hydrogen-bond donors (Lipinski definition) is 1. The quantitative estimate of drug-likeness (QED) is 0.909. The monoisotopic (exact) mass is 288 g/mol. The van der Waals surface area contributed by atoms with Gasteiger partial charge in [-0.05, 0) is 45.7 Å². The highest BCUT2D eigenvalue weighted by molar-refractivity contribution is 5.98. The highest BCUT2D eigenvalue weighted by Gasteiger charge is 2.39. The lowest BCUT2D eigenvalue weighted by atomic mass is 10.0. The van der Waals surface area contributed by atoms with Crippen molar-refractivity contribution >= 4 is 17.5 Å². The molecule has 114 valence electrons. The molecule has 0 bridgehead atoms. The zero-order valence-electron chi connectivity index (χ0n) is 13.5. The van der Waals surface area contributed by atoms with E-state index in [0.29, 0.717) is 13.0 Å². The first kappa shape index (κ1) is 15.5. The Morgan fingerprint density at radius 2 is 1.81 bits per heavy atom. The van der Waals surface area contributed by atoms with E-state index in [1.807, 2.05) is 52.8 Å². The van der Waals surface area contributed by atoms with Crippen LogP contribution in [0.4, 0.5) is 5.69 Å². The molecule has 0 unspecified atom stereocenters. The van der Waals surface area contributed by atoms with E-state index in [4.69, 9.17) is 0 Å². The Hall–Kier alpha value is -1.84. The van der Waals surface area contributed by atoms with Gasteiger partial charge in [0.1, 0.15) is 0 Å². The number of hydrogen-bond acceptors (Lipinski definition) is 2. The maximum Gasteiger partial charge on any atom is 0.229 e. The van der Waals surface area contributed by atoms with E-state index < -0.39 is 0 Å². The minimum Gasteiger partial charge on any atom is -0.337 e. The summed E-state index contributed by atoms with van der Waals surface area (Å²) in [5.41, 5.74) is 2.72. The maximum atomic E-state index is 12.4. The molecule has 0 aromatic heterocycles. The Balaban J connectivity index is 2.11. The number of anilines is 1. The number of amides is 2. The fourth-order valence-electron chi connectivity index (χ4n) is 2.77. The number of para-hydroxylation sites is 1. The normalized spacial score (nSPS) is 19.0. The zero-order chi connectivity index (χ0) is 15.8. The summed E-state index contributed by atoms with van der Waals surface area (Å²) in [6.07, 6.45) is 0.300. The molecule has 0 aliphatic carbocycles. The lowest BCUT2D eigenvalue weighted by Crippen LogP contribution is -2.42. The molecule has 1 saturated heterocycles. The van der Waals surface area contributed by atoms with Crippen LogP contribution in [0, 0.1) is 19.8 Å². The van der Waals surface area contributed by atoms with Crippen molar-refractivity contribution in [3.05, 3.63) is 29.3 Å². The second-order valence-electron chi connectivity index (χ2n) is 6.83. The molecule has 0 spiro atoms. The predicted molar refractivity (Wildman–Crippen MR) is 84.1 cm³/mol. The number of benzene rings is 1. The van der Waals surface area contributed by atoms with Gasteiger partial charge in [-0.25, -0.2) is 0 Å². The number of likely N-dealkylation sites (tertiary alicyclic amines) is 1. The number of carbonyl (C=O) groups excluding carboxylic acids is 2. The predicted octanol–water partition coefficient (Wildman–Crippen LogP) is 2.89. The summed E-state index contributed by atoms with van der Waals surface area (Å²) in [6, 6.07) is 5.93. The smallest absolute Gasteiger partial charge is 0.229 e. The fourth-order valence-corrected chi connectivity index (χ4v) is 2.77. The van der Waals surface area contributed by atoms with Crippen molar-refractivity contribution in [3.63, 3.8) is 0 Å². The van der Waals surface area contributed by atoms with Crippen molar-refractivity contribution < 1.29 is 9.59 Å². The third kappa shape index (κ3) is 3.26. The molecular formula is C17H24N2O2. The van der Waals surface area contributed by atoms with Crippen molar-refractivity contribution in [1.29, 1.82) is 0 Å². The lowest BCUT2D eigenvalue weighted by molar-refractivity contribution is -0.131. The number of nitrogens with zero attached hydrogens (tertiary/aromatic N) is 1. The van der Waals surface area contributed by atoms with Crippen LogP contribution >= 0.6 is 0 Å². The third-order valence-electron chi connectivity index (χ3n) is 4.03. The van der Waals surface area contributed by atoms with Crippen LogP contribution in [-0.2, 0) is 9.59 Å². The molecule has 1 N–H and O–H groups in total. The minimum absolute atomic E-state index is 0.0594. The van der Waals surface area contributed by atoms with Crippen LogP contribution < -0.4 is 5.32 Å². The maximum absolute atomic E-state index is 12.4. The molecule has 1 aromatic rings. The van der Waals surface area contributed by atoms with E-state index in [1.165, 1.54) is 0 Å². The van der Waals surface area contributed by atoms with Crippen LogP contribution in [0.25, 0.3) is 0 Å². The van der Waals surface area contributed by atoms with Crippen LogP contribution in [0.2, 0.25) is 0 Å². The standard InChI is InChI=1S/C17H24N2O2/c1-11-7-6-8-12(2)15(11)18-16(21)13-9-14(20)19(10-13)17(3,4)5/h6-8,13H,9-10H2,1-5H3,(H,18,21)/t13-/m0/s1. The van der Waals surface area contributed by atoms with Gasteiger partial charge < -0.3 is 10.2 Å². The third-order valence-corrected chi connectivity index (χ3v) is 4.03. The average Bonchev–Trinajstić information content (AvgIpc) is 2.76. The van der Waals surface area contributed by atoms with E-state index in [2.05, 4.69) is 5.32 Å². The molecule has 1 heterocycles. The van der Waals surface area contributed by atoms with E-state index >= 15 is 0 Å². The van der Waals surface area contributed by atoms with Gasteiger partial charge in [-0.2, -0.15) is 0 Å². The molecule has 1 fully saturated rings.